The number of carbonyl (C=O) groups is 1. The van der Waals surface area contributed by atoms with E-state index in [0.29, 0.717) is 5.69 Å². The molecule has 1 aliphatic rings. The van der Waals surface area contributed by atoms with Crippen LogP contribution in [-0.2, 0) is 4.79 Å². The van der Waals surface area contributed by atoms with E-state index in [2.05, 4.69) is 7.92 Å². The molecule has 0 fully saturated rings. The third kappa shape index (κ3) is 2.45. The van der Waals surface area contributed by atoms with Crippen molar-refractivity contribution in [1.29, 1.82) is 0 Å². The van der Waals surface area contributed by atoms with E-state index in [1.54, 1.807) is 0 Å². The van der Waals surface area contributed by atoms with Crippen LogP contribution in [0.4, 0.5) is 39.0 Å². The average molecular weight is 344 g/mol. The topological polar surface area (TPSA) is 53.8 Å². The third-order valence-corrected chi connectivity index (χ3v) is 3.31. The maximum absolute atomic E-state index is 12.8. The summed E-state index contributed by atoms with van der Waals surface area (Å²) in [6.45, 7) is 0. The van der Waals surface area contributed by atoms with E-state index in [0.717, 1.165) is 0 Å². The Kier molecular flexibility index (Phi) is 3.31. The summed E-state index contributed by atoms with van der Waals surface area (Å²) in [6.07, 6.45) is -5.94. The number of anilines is 1. The molecular formula is C9H4F5N3OSe. The van der Waals surface area contributed by atoms with Crippen LogP contribution >= 0.6 is 0 Å². The van der Waals surface area contributed by atoms with E-state index >= 15 is 0 Å². The summed E-state index contributed by atoms with van der Waals surface area (Å²) >= 11 is -0.490. The first kappa shape index (κ1) is 13.9. The second-order valence-electron chi connectivity index (χ2n) is 3.46. The zero-order valence-corrected chi connectivity index (χ0v) is 10.5. The van der Waals surface area contributed by atoms with Crippen LogP contribution in [0.15, 0.2) is 26.1 Å². The number of rotatable bonds is 2. The fourth-order valence-electron chi connectivity index (χ4n) is 1.24. The standard InChI is InChI=1S/C9H4F5N3OSe/c10-8(11,9(12,13)14)7(18)15-4-2-1-3-5-6(4)17-19-16-5/h1-3H,(H,15,18). The number of hydrogen-bond acceptors (Lipinski definition) is 3. The Labute approximate surface area is 108 Å². The van der Waals surface area contributed by atoms with Crippen molar-refractivity contribution in [1.82, 2.24) is 0 Å². The van der Waals surface area contributed by atoms with Gasteiger partial charge in [-0.05, 0) is 0 Å². The summed E-state index contributed by atoms with van der Waals surface area (Å²) in [7, 11) is 0. The van der Waals surface area contributed by atoms with Crippen LogP contribution in [0.3, 0.4) is 0 Å². The first-order chi connectivity index (χ1) is 8.73. The number of nitrogens with zero attached hydrogens (tertiary/aromatic N) is 2. The molecule has 0 spiro atoms. The van der Waals surface area contributed by atoms with Gasteiger partial charge in [0.2, 0.25) is 0 Å². The van der Waals surface area contributed by atoms with Crippen molar-refractivity contribution < 1.29 is 26.7 Å². The van der Waals surface area contributed by atoms with Gasteiger partial charge in [0.25, 0.3) is 0 Å². The zero-order valence-electron chi connectivity index (χ0n) is 8.83. The van der Waals surface area contributed by atoms with Gasteiger partial charge in [-0.15, -0.1) is 0 Å². The van der Waals surface area contributed by atoms with Gasteiger partial charge < -0.3 is 0 Å². The molecule has 1 heterocycles. The van der Waals surface area contributed by atoms with Crippen molar-refractivity contribution in [3.8, 4) is 0 Å². The van der Waals surface area contributed by atoms with Gasteiger partial charge in [0.15, 0.2) is 0 Å². The van der Waals surface area contributed by atoms with Gasteiger partial charge >= 0.3 is 108 Å². The van der Waals surface area contributed by atoms with Gasteiger partial charge in [-0.2, -0.15) is 0 Å². The summed E-state index contributed by atoms with van der Waals surface area (Å²) in [6, 6.07) is 4.08. The van der Waals surface area contributed by atoms with Crippen molar-refractivity contribution in [3.05, 3.63) is 18.2 Å². The molecule has 1 amide bonds. The molecule has 1 aromatic carbocycles. The van der Waals surface area contributed by atoms with Gasteiger partial charge in [0.05, 0.1) is 0 Å². The number of alkyl halides is 5. The summed E-state index contributed by atoms with van der Waals surface area (Å²) < 4.78 is 69.3. The molecule has 102 valence electrons. The molecule has 0 atom stereocenters. The van der Waals surface area contributed by atoms with Crippen LogP contribution in [0.1, 0.15) is 0 Å². The molecule has 19 heavy (non-hydrogen) atoms. The zero-order chi connectivity index (χ0) is 14.3. The van der Waals surface area contributed by atoms with Gasteiger partial charge in [0.1, 0.15) is 0 Å². The molecule has 4 nitrogen and oxygen atoms in total. The van der Waals surface area contributed by atoms with Gasteiger partial charge in [-0.3, -0.25) is 0 Å². The third-order valence-electron chi connectivity index (χ3n) is 2.18. The molecular weight excluding hydrogens is 340 g/mol. The fourth-order valence-corrected chi connectivity index (χ4v) is 2.39. The predicted octanol–water partition coefficient (Wildman–Crippen LogP) is 3.17. The molecule has 0 radical (unpaired) electrons. The van der Waals surface area contributed by atoms with Crippen molar-refractivity contribution in [3.63, 3.8) is 0 Å². The minimum absolute atomic E-state index is 0.119. The van der Waals surface area contributed by atoms with Crippen molar-refractivity contribution >= 4 is 37.5 Å². The summed E-state index contributed by atoms with van der Waals surface area (Å²) in [5.74, 6) is -7.90. The number of amides is 1. The molecule has 2 rings (SSSR count). The molecule has 0 aliphatic carbocycles. The van der Waals surface area contributed by atoms with E-state index in [4.69, 9.17) is 0 Å². The molecule has 0 saturated heterocycles. The second-order valence-corrected chi connectivity index (χ2v) is 4.57. The van der Waals surface area contributed by atoms with Gasteiger partial charge in [0, 0.05) is 0 Å². The Hall–Kier alpha value is -1.54. The quantitative estimate of drug-likeness (QED) is 0.660. The van der Waals surface area contributed by atoms with Crippen molar-refractivity contribution in [2.24, 2.45) is 7.92 Å². The fraction of sp³-hybridized carbons (Fsp3) is 0.222. The number of nitrogens with one attached hydrogen (secondary N) is 1. The molecule has 0 unspecified atom stereocenters. The van der Waals surface area contributed by atoms with Crippen LogP contribution < -0.4 is 5.32 Å². The minimum atomic E-state index is -5.94. The number of benzene rings is 1. The Balaban J connectivity index is 2.27. The van der Waals surface area contributed by atoms with Crippen LogP contribution in [0.5, 0.6) is 0 Å². The molecule has 0 aromatic heterocycles. The summed E-state index contributed by atoms with van der Waals surface area (Å²) in [4.78, 5) is 11.0. The Morgan fingerprint density at radius 3 is 2.47 bits per heavy atom. The van der Waals surface area contributed by atoms with E-state index in [1.807, 2.05) is 0 Å². The Morgan fingerprint density at radius 2 is 1.84 bits per heavy atom. The van der Waals surface area contributed by atoms with E-state index in [1.165, 1.54) is 23.5 Å². The van der Waals surface area contributed by atoms with E-state index < -0.39 is 32.6 Å². The van der Waals surface area contributed by atoms with E-state index in [9.17, 15) is 26.7 Å². The summed E-state index contributed by atoms with van der Waals surface area (Å²) in [5, 5.41) is 1.54. The molecule has 1 aliphatic heterocycles. The number of halogens is 5. The molecule has 0 bridgehead atoms. The molecule has 1 aromatic rings. The van der Waals surface area contributed by atoms with Crippen molar-refractivity contribution in [2.75, 3.05) is 5.32 Å². The SMILES string of the molecule is O=C(Nc1cccc2c1N=[Se]=N2)C(F)(F)C(F)(F)F. The first-order valence-electron chi connectivity index (χ1n) is 4.71. The Morgan fingerprint density at radius 1 is 1.16 bits per heavy atom. The normalized spacial score (nSPS) is 13.9. The van der Waals surface area contributed by atoms with Crippen molar-refractivity contribution in [2.45, 2.75) is 12.1 Å². The van der Waals surface area contributed by atoms with Crippen LogP contribution in [0.2, 0.25) is 0 Å². The second kappa shape index (κ2) is 4.53. The maximum atomic E-state index is 12.8. The monoisotopic (exact) mass is 345 g/mol. The van der Waals surface area contributed by atoms with Gasteiger partial charge in [-0.25, -0.2) is 0 Å². The van der Waals surface area contributed by atoms with Crippen LogP contribution in [0.25, 0.3) is 0 Å². The van der Waals surface area contributed by atoms with Gasteiger partial charge in [-0.1, -0.05) is 0 Å². The summed E-state index contributed by atoms with van der Waals surface area (Å²) in [5.41, 5.74) is 0.261. The molecule has 0 saturated carbocycles. The van der Waals surface area contributed by atoms with Crippen LogP contribution in [0, 0.1) is 0 Å². The first-order valence-corrected chi connectivity index (χ1v) is 6.24. The number of carbonyl (C=O) groups excluding carboxylic acids is 1. The molecule has 10 heteroatoms. The predicted molar refractivity (Wildman–Crippen MR) is 56.0 cm³/mol. The number of hydrogen-bond donors (Lipinski definition) is 1. The Bertz CT molecular complexity index is 606. The van der Waals surface area contributed by atoms with E-state index in [-0.39, 0.29) is 11.4 Å². The van der Waals surface area contributed by atoms with Crippen LogP contribution in [-0.4, -0.2) is 32.6 Å². The molecule has 1 N–H and O–H groups in total. The average Bonchev–Trinajstić information content (AvgIpc) is 2.76. The number of fused-ring (bicyclic) bond motifs is 1.